The van der Waals surface area contributed by atoms with Crippen molar-refractivity contribution in [3.8, 4) is 17.1 Å². The first kappa shape index (κ1) is 25.2. The molecule has 1 aromatic heterocycles. The van der Waals surface area contributed by atoms with Crippen molar-refractivity contribution >= 4 is 11.6 Å². The third-order valence-electron chi connectivity index (χ3n) is 7.43. The summed E-state index contributed by atoms with van der Waals surface area (Å²) in [6.07, 6.45) is 10.4. The molecule has 8 heteroatoms. The highest BCUT2D eigenvalue weighted by Gasteiger charge is 2.36. The van der Waals surface area contributed by atoms with Crippen molar-refractivity contribution in [1.82, 2.24) is 15.3 Å². The van der Waals surface area contributed by atoms with Crippen molar-refractivity contribution in [2.75, 3.05) is 43.6 Å². The van der Waals surface area contributed by atoms with Crippen LogP contribution in [0.3, 0.4) is 0 Å². The lowest BCUT2D eigenvalue weighted by Gasteiger charge is -2.36. The number of aliphatic hydroxyl groups is 1. The summed E-state index contributed by atoms with van der Waals surface area (Å²) in [5.74, 6) is 3.35. The molecular weight excluding hydrogens is 454 g/mol. The van der Waals surface area contributed by atoms with E-state index in [1.165, 1.54) is 44.9 Å². The molecule has 0 amide bonds. The van der Waals surface area contributed by atoms with Crippen LogP contribution in [0.5, 0.6) is 5.75 Å². The number of aliphatic hydroxyl groups excluding tert-OH is 1. The Kier molecular flexibility index (Phi) is 8.56. The van der Waals surface area contributed by atoms with Gasteiger partial charge in [-0.1, -0.05) is 31.4 Å². The van der Waals surface area contributed by atoms with E-state index in [4.69, 9.17) is 19.4 Å². The summed E-state index contributed by atoms with van der Waals surface area (Å²) in [6.45, 7) is 2.30. The second kappa shape index (κ2) is 12.2. The van der Waals surface area contributed by atoms with Gasteiger partial charge in [-0.25, -0.2) is 9.97 Å². The first-order valence-electron chi connectivity index (χ1n) is 13.8. The molecule has 3 N–H and O–H groups in total. The summed E-state index contributed by atoms with van der Waals surface area (Å²) in [4.78, 5) is 12.7. The molecular formula is C28H41N5O3. The van der Waals surface area contributed by atoms with Gasteiger partial charge in [-0.2, -0.15) is 0 Å². The number of hydrogen-bond donors (Lipinski definition) is 3. The molecule has 36 heavy (non-hydrogen) atoms. The van der Waals surface area contributed by atoms with Crippen molar-refractivity contribution < 1.29 is 14.6 Å². The number of nitrogens with one attached hydrogen (secondary N) is 2. The minimum absolute atomic E-state index is 0.235. The van der Waals surface area contributed by atoms with Crippen molar-refractivity contribution in [3.63, 3.8) is 0 Å². The quantitative estimate of drug-likeness (QED) is 0.431. The second-order valence-corrected chi connectivity index (χ2v) is 10.4. The van der Waals surface area contributed by atoms with Gasteiger partial charge in [0.2, 0.25) is 0 Å². The van der Waals surface area contributed by atoms with Gasteiger partial charge in [0.1, 0.15) is 30.1 Å². The topological polar surface area (TPSA) is 91.8 Å². The van der Waals surface area contributed by atoms with Crippen LogP contribution in [-0.2, 0) is 4.74 Å². The lowest BCUT2D eigenvalue weighted by atomic mass is 9.94. The normalized spacial score (nSPS) is 20.2. The van der Waals surface area contributed by atoms with Crippen LogP contribution in [0.25, 0.3) is 11.4 Å². The third kappa shape index (κ3) is 6.66. The molecule has 8 nitrogen and oxygen atoms in total. The van der Waals surface area contributed by atoms with Gasteiger partial charge in [0, 0.05) is 49.5 Å². The first-order chi connectivity index (χ1) is 17.7. The zero-order valence-corrected chi connectivity index (χ0v) is 21.5. The van der Waals surface area contributed by atoms with E-state index in [2.05, 4.69) is 21.6 Å². The average molecular weight is 496 g/mol. The molecule has 2 saturated carbocycles. The Hall–Kier alpha value is -2.42. The number of nitrogens with zero attached hydrogens (tertiary/aromatic N) is 3. The molecule has 1 aliphatic heterocycles. The number of aromatic nitrogens is 2. The fraction of sp³-hybridized carbons (Fsp3) is 0.643. The maximum absolute atomic E-state index is 10.0. The lowest BCUT2D eigenvalue weighted by molar-refractivity contribution is 0.0904. The Balaban J connectivity index is 1.43. The minimum atomic E-state index is -0.559. The highest BCUT2D eigenvalue weighted by atomic mass is 16.5. The Morgan fingerprint density at radius 2 is 1.81 bits per heavy atom. The molecule has 0 spiro atoms. The van der Waals surface area contributed by atoms with E-state index >= 15 is 0 Å². The highest BCUT2D eigenvalue weighted by molar-refractivity contribution is 5.64. The largest absolute Gasteiger partial charge is 0.491 e. The summed E-state index contributed by atoms with van der Waals surface area (Å²) in [5.41, 5.74) is 0.923. The lowest BCUT2D eigenvalue weighted by Crippen LogP contribution is -2.39. The summed E-state index contributed by atoms with van der Waals surface area (Å²) in [5, 5.41) is 16.7. The fourth-order valence-corrected chi connectivity index (χ4v) is 5.42. The molecule has 2 heterocycles. The monoisotopic (exact) mass is 495 g/mol. The molecule has 3 fully saturated rings. The van der Waals surface area contributed by atoms with Crippen LogP contribution in [0.15, 0.2) is 30.3 Å². The van der Waals surface area contributed by atoms with Gasteiger partial charge >= 0.3 is 0 Å². The third-order valence-corrected chi connectivity index (χ3v) is 7.43. The van der Waals surface area contributed by atoms with Crippen LogP contribution in [-0.4, -0.2) is 72.7 Å². The molecule has 5 rings (SSSR count). The molecule has 1 aromatic carbocycles. The summed E-state index contributed by atoms with van der Waals surface area (Å²) in [6, 6.07) is 11.6. The Morgan fingerprint density at radius 1 is 1.03 bits per heavy atom. The van der Waals surface area contributed by atoms with Gasteiger partial charge in [0.15, 0.2) is 5.82 Å². The van der Waals surface area contributed by atoms with Gasteiger partial charge in [-0.15, -0.1) is 0 Å². The number of rotatable bonds is 11. The highest BCUT2D eigenvalue weighted by Crippen LogP contribution is 2.38. The molecule has 1 unspecified atom stereocenters. The molecule has 2 aromatic rings. The van der Waals surface area contributed by atoms with Crippen molar-refractivity contribution in [2.24, 2.45) is 0 Å². The van der Waals surface area contributed by atoms with Crippen LogP contribution in [0.2, 0.25) is 0 Å². The smallest absolute Gasteiger partial charge is 0.163 e. The molecule has 0 radical (unpaired) electrons. The molecule has 3 aliphatic rings. The summed E-state index contributed by atoms with van der Waals surface area (Å²) in [7, 11) is 1.82. The van der Waals surface area contributed by atoms with Crippen LogP contribution >= 0.6 is 0 Å². The van der Waals surface area contributed by atoms with Gasteiger partial charge in [-0.3, -0.25) is 0 Å². The van der Waals surface area contributed by atoms with Crippen molar-refractivity contribution in [3.05, 3.63) is 30.3 Å². The molecule has 1 saturated heterocycles. The standard InChI is InChI=1S/C28H41N5O3/c1-29-18-24(34)19-36-25-9-5-6-20(16-25)28-31-26(30-21-12-14-35-15-13-21)17-27(32-28)33(23-10-11-23)22-7-3-2-4-8-22/h5-6,9,16-17,21-24,29,34H,2-4,7-8,10-15,18-19H2,1H3,(H,30,31,32). The van der Waals surface area contributed by atoms with Gasteiger partial charge in [0.25, 0.3) is 0 Å². The first-order valence-corrected chi connectivity index (χ1v) is 13.8. The summed E-state index contributed by atoms with van der Waals surface area (Å²) >= 11 is 0. The van der Waals surface area contributed by atoms with E-state index in [0.717, 1.165) is 43.3 Å². The van der Waals surface area contributed by atoms with E-state index in [1.807, 2.05) is 31.3 Å². The minimum Gasteiger partial charge on any atom is -0.491 e. The molecule has 196 valence electrons. The van der Waals surface area contributed by atoms with Crippen LogP contribution in [0, 0.1) is 0 Å². The van der Waals surface area contributed by atoms with Gasteiger partial charge in [0.05, 0.1) is 0 Å². The Morgan fingerprint density at radius 3 is 2.56 bits per heavy atom. The van der Waals surface area contributed by atoms with E-state index in [-0.39, 0.29) is 6.61 Å². The Bertz CT molecular complexity index is 973. The van der Waals surface area contributed by atoms with E-state index in [0.29, 0.717) is 36.2 Å². The van der Waals surface area contributed by atoms with Gasteiger partial charge in [-0.05, 0) is 57.7 Å². The fourth-order valence-electron chi connectivity index (χ4n) is 5.42. The zero-order chi connectivity index (χ0) is 24.7. The average Bonchev–Trinajstić information content (AvgIpc) is 3.74. The van der Waals surface area contributed by atoms with Crippen LogP contribution in [0.1, 0.15) is 57.8 Å². The van der Waals surface area contributed by atoms with Crippen molar-refractivity contribution in [2.45, 2.75) is 82.0 Å². The SMILES string of the molecule is CNCC(O)COc1cccc(-c2nc(NC3CCOCC3)cc(N(C3CCCCC3)C3CC3)n2)c1. The molecule has 0 bridgehead atoms. The van der Waals surface area contributed by atoms with Gasteiger partial charge < -0.3 is 30.1 Å². The number of ether oxygens (including phenoxy) is 2. The maximum Gasteiger partial charge on any atom is 0.163 e. The number of benzene rings is 1. The maximum atomic E-state index is 10.0. The van der Waals surface area contributed by atoms with E-state index in [1.54, 1.807) is 0 Å². The second-order valence-electron chi connectivity index (χ2n) is 10.4. The summed E-state index contributed by atoms with van der Waals surface area (Å²) < 4.78 is 11.4. The number of likely N-dealkylation sites (N-methyl/N-ethyl adjacent to an activating group) is 1. The van der Waals surface area contributed by atoms with E-state index in [9.17, 15) is 5.11 Å². The van der Waals surface area contributed by atoms with Crippen LogP contribution in [0.4, 0.5) is 11.6 Å². The van der Waals surface area contributed by atoms with E-state index < -0.39 is 6.10 Å². The predicted molar refractivity (Wildman–Crippen MR) is 143 cm³/mol. The zero-order valence-electron chi connectivity index (χ0n) is 21.5. The van der Waals surface area contributed by atoms with Crippen molar-refractivity contribution in [1.29, 1.82) is 0 Å². The van der Waals surface area contributed by atoms with Crippen LogP contribution < -0.4 is 20.3 Å². The molecule has 1 atom stereocenters. The predicted octanol–water partition coefficient (Wildman–Crippen LogP) is 4.00. The number of hydrogen-bond acceptors (Lipinski definition) is 8. The Labute approximate surface area is 214 Å². The molecule has 2 aliphatic carbocycles. The number of anilines is 2.